The topological polar surface area (TPSA) is 20.3 Å². The van der Waals surface area contributed by atoms with Crippen molar-refractivity contribution in [2.45, 2.75) is 31.7 Å². The maximum absolute atomic E-state index is 12.8. The quantitative estimate of drug-likeness (QED) is 0.783. The van der Waals surface area contributed by atoms with Gasteiger partial charge in [0.2, 0.25) is 0 Å². The van der Waals surface area contributed by atoms with Crippen molar-refractivity contribution in [2.24, 2.45) is 5.92 Å². The van der Waals surface area contributed by atoms with Gasteiger partial charge in [0.05, 0.1) is 0 Å². The van der Waals surface area contributed by atoms with E-state index in [9.17, 15) is 9.18 Å². The largest absolute Gasteiger partial charge is 0.335 e. The van der Waals surface area contributed by atoms with E-state index >= 15 is 0 Å². The first-order chi connectivity index (χ1) is 8.24. The third-order valence-corrected chi connectivity index (χ3v) is 3.49. The number of hydrogen-bond donors (Lipinski definition) is 0. The van der Waals surface area contributed by atoms with Crippen LogP contribution in [0.2, 0.25) is 0 Å². The van der Waals surface area contributed by atoms with Gasteiger partial charge in [0.1, 0.15) is 5.82 Å². The minimum atomic E-state index is -0.290. The van der Waals surface area contributed by atoms with Crippen LogP contribution in [0, 0.1) is 11.7 Å². The molecule has 0 N–H and O–H groups in total. The minimum absolute atomic E-state index is 0.0689. The molecule has 3 rings (SSSR count). The summed E-state index contributed by atoms with van der Waals surface area (Å²) >= 11 is 0. The van der Waals surface area contributed by atoms with Crippen LogP contribution in [0.3, 0.4) is 0 Å². The molecule has 0 unspecified atom stereocenters. The van der Waals surface area contributed by atoms with Gasteiger partial charge < -0.3 is 4.90 Å². The molecule has 1 aromatic carbocycles. The summed E-state index contributed by atoms with van der Waals surface area (Å²) in [4.78, 5) is 14.3. The number of nitrogens with zero attached hydrogens (tertiary/aromatic N) is 1. The van der Waals surface area contributed by atoms with Crippen LogP contribution in [0.5, 0.6) is 0 Å². The number of amides is 1. The molecule has 2 saturated carbocycles. The highest BCUT2D eigenvalue weighted by Gasteiger charge is 2.36. The summed E-state index contributed by atoms with van der Waals surface area (Å²) in [5.41, 5.74) is 0.610. The maximum atomic E-state index is 12.8. The lowest BCUT2D eigenvalue weighted by atomic mass is 10.2. The molecule has 0 heterocycles. The predicted molar refractivity (Wildman–Crippen MR) is 63.2 cm³/mol. The minimum Gasteiger partial charge on any atom is -0.335 e. The Labute approximate surface area is 100 Å². The summed E-state index contributed by atoms with van der Waals surface area (Å²) < 4.78 is 12.8. The summed E-state index contributed by atoms with van der Waals surface area (Å²) in [6, 6.07) is 6.32. The Morgan fingerprint density at radius 2 is 1.82 bits per heavy atom. The molecule has 0 spiro atoms. The number of benzene rings is 1. The van der Waals surface area contributed by atoms with Crippen LogP contribution < -0.4 is 0 Å². The van der Waals surface area contributed by atoms with Gasteiger partial charge in [0, 0.05) is 18.2 Å². The van der Waals surface area contributed by atoms with Crippen molar-refractivity contribution < 1.29 is 9.18 Å². The van der Waals surface area contributed by atoms with Crippen LogP contribution in [-0.2, 0) is 0 Å². The number of carbonyl (C=O) groups is 1. The van der Waals surface area contributed by atoms with E-state index in [2.05, 4.69) is 0 Å². The molecule has 2 fully saturated rings. The molecule has 1 aromatic rings. The SMILES string of the molecule is O=C(c1ccc(F)cc1)N(CC1CC1)C1CC1. The van der Waals surface area contributed by atoms with Crippen molar-refractivity contribution >= 4 is 5.91 Å². The molecule has 0 aromatic heterocycles. The van der Waals surface area contributed by atoms with E-state index in [-0.39, 0.29) is 11.7 Å². The highest BCUT2D eigenvalue weighted by atomic mass is 19.1. The molecule has 0 bridgehead atoms. The van der Waals surface area contributed by atoms with Crippen molar-refractivity contribution in [3.63, 3.8) is 0 Å². The van der Waals surface area contributed by atoms with Crippen LogP contribution in [0.15, 0.2) is 24.3 Å². The van der Waals surface area contributed by atoms with Gasteiger partial charge >= 0.3 is 0 Å². The molecule has 0 atom stereocenters. The Balaban J connectivity index is 1.75. The molecule has 2 nitrogen and oxygen atoms in total. The van der Waals surface area contributed by atoms with Gasteiger partial charge in [-0.2, -0.15) is 0 Å². The molecule has 90 valence electrons. The number of hydrogen-bond acceptors (Lipinski definition) is 1. The lowest BCUT2D eigenvalue weighted by molar-refractivity contribution is 0.0735. The summed E-state index contributed by atoms with van der Waals surface area (Å²) in [6.07, 6.45) is 4.75. The van der Waals surface area contributed by atoms with Gasteiger partial charge in [-0.15, -0.1) is 0 Å². The zero-order valence-corrected chi connectivity index (χ0v) is 9.73. The molecule has 0 radical (unpaired) electrons. The second-order valence-corrected chi connectivity index (χ2v) is 5.14. The molecule has 0 aliphatic heterocycles. The summed E-state index contributed by atoms with van der Waals surface area (Å²) in [5.74, 6) is 0.487. The van der Waals surface area contributed by atoms with Gasteiger partial charge in [-0.1, -0.05) is 0 Å². The van der Waals surface area contributed by atoms with Crippen LogP contribution in [0.1, 0.15) is 36.0 Å². The van der Waals surface area contributed by atoms with Crippen LogP contribution in [0.25, 0.3) is 0 Å². The lowest BCUT2D eigenvalue weighted by Crippen LogP contribution is -2.34. The highest BCUT2D eigenvalue weighted by molar-refractivity contribution is 5.94. The third kappa shape index (κ3) is 2.48. The van der Waals surface area contributed by atoms with Crippen molar-refractivity contribution in [1.29, 1.82) is 0 Å². The first kappa shape index (κ1) is 10.8. The van der Waals surface area contributed by atoms with Crippen molar-refractivity contribution in [2.75, 3.05) is 6.54 Å². The van der Waals surface area contributed by atoms with E-state index < -0.39 is 0 Å². The fourth-order valence-corrected chi connectivity index (χ4v) is 2.12. The van der Waals surface area contributed by atoms with Crippen molar-refractivity contribution in [1.82, 2.24) is 4.90 Å². The van der Waals surface area contributed by atoms with Gasteiger partial charge in [-0.3, -0.25) is 4.79 Å². The Morgan fingerprint density at radius 3 is 2.35 bits per heavy atom. The highest BCUT2D eigenvalue weighted by Crippen LogP contribution is 2.35. The summed E-state index contributed by atoms with van der Waals surface area (Å²) in [7, 11) is 0. The van der Waals surface area contributed by atoms with E-state index in [1.807, 2.05) is 4.90 Å². The zero-order valence-electron chi connectivity index (χ0n) is 9.73. The molecule has 2 aliphatic rings. The summed E-state index contributed by atoms with van der Waals surface area (Å²) in [6.45, 7) is 0.890. The van der Waals surface area contributed by atoms with E-state index in [1.165, 1.54) is 25.0 Å². The monoisotopic (exact) mass is 233 g/mol. The fraction of sp³-hybridized carbons (Fsp3) is 0.500. The second-order valence-electron chi connectivity index (χ2n) is 5.14. The Hall–Kier alpha value is -1.38. The number of rotatable bonds is 4. The maximum Gasteiger partial charge on any atom is 0.254 e. The second kappa shape index (κ2) is 4.13. The summed E-state index contributed by atoms with van der Waals surface area (Å²) in [5, 5.41) is 0. The smallest absolute Gasteiger partial charge is 0.254 e. The zero-order chi connectivity index (χ0) is 11.8. The van der Waals surface area contributed by atoms with E-state index in [0.29, 0.717) is 17.5 Å². The van der Waals surface area contributed by atoms with E-state index in [4.69, 9.17) is 0 Å². The van der Waals surface area contributed by atoms with E-state index in [0.717, 1.165) is 19.4 Å². The van der Waals surface area contributed by atoms with E-state index in [1.54, 1.807) is 12.1 Å². The van der Waals surface area contributed by atoms with Crippen LogP contribution in [0.4, 0.5) is 4.39 Å². The number of carbonyl (C=O) groups excluding carboxylic acids is 1. The predicted octanol–water partition coefficient (Wildman–Crippen LogP) is 2.84. The fourth-order valence-electron chi connectivity index (χ4n) is 2.12. The van der Waals surface area contributed by atoms with Crippen LogP contribution >= 0.6 is 0 Å². The molecule has 3 heteroatoms. The van der Waals surface area contributed by atoms with Gasteiger partial charge in [-0.25, -0.2) is 4.39 Å². The average Bonchev–Trinajstić information content (AvgIpc) is 3.18. The van der Waals surface area contributed by atoms with Crippen molar-refractivity contribution in [3.05, 3.63) is 35.6 Å². The molecule has 1 amide bonds. The third-order valence-electron chi connectivity index (χ3n) is 3.49. The lowest BCUT2D eigenvalue weighted by Gasteiger charge is -2.22. The molecule has 2 aliphatic carbocycles. The average molecular weight is 233 g/mol. The molecular formula is C14H16FNO. The first-order valence-corrected chi connectivity index (χ1v) is 6.30. The van der Waals surface area contributed by atoms with Gasteiger partial charge in [0.25, 0.3) is 5.91 Å². The normalized spacial score (nSPS) is 19.1. The molecule has 17 heavy (non-hydrogen) atoms. The van der Waals surface area contributed by atoms with Crippen LogP contribution in [-0.4, -0.2) is 23.4 Å². The van der Waals surface area contributed by atoms with Gasteiger partial charge in [-0.05, 0) is 55.9 Å². The Morgan fingerprint density at radius 1 is 1.18 bits per heavy atom. The number of halogens is 1. The molecule has 0 saturated heterocycles. The Kier molecular flexibility index (Phi) is 2.61. The standard InChI is InChI=1S/C14H16FNO/c15-12-5-3-11(4-6-12)14(17)16(13-7-8-13)9-10-1-2-10/h3-6,10,13H,1-2,7-9H2. The molecular weight excluding hydrogens is 217 g/mol. The van der Waals surface area contributed by atoms with Crippen molar-refractivity contribution in [3.8, 4) is 0 Å². The Bertz CT molecular complexity index is 420. The van der Waals surface area contributed by atoms with Gasteiger partial charge in [0.15, 0.2) is 0 Å². The first-order valence-electron chi connectivity index (χ1n) is 6.30.